The van der Waals surface area contributed by atoms with Gasteiger partial charge in [-0.25, -0.2) is 13.2 Å². The highest BCUT2D eigenvalue weighted by atomic mass is 32.2. The molecule has 328 valence electrons. The van der Waals surface area contributed by atoms with Crippen LogP contribution in [0, 0.1) is 0 Å². The van der Waals surface area contributed by atoms with E-state index in [1.807, 2.05) is 87.5 Å². The number of carbonyl (C=O) groups is 3. The summed E-state index contributed by atoms with van der Waals surface area (Å²) in [6, 6.07) is 29.4. The molecule has 6 rings (SSSR count). The predicted octanol–water partition coefficient (Wildman–Crippen LogP) is 8.72. The number of Topliss-reactive ketones (excluding diaryl/α,β-unsaturated/α-hetero) is 1. The molecule has 0 spiro atoms. The third-order valence-corrected chi connectivity index (χ3v) is 10.8. The second-order valence-corrected chi connectivity index (χ2v) is 17.9. The molecule has 14 nitrogen and oxygen atoms in total. The number of urea groups is 1. The molecule has 0 bridgehead atoms. The van der Waals surface area contributed by atoms with E-state index in [2.05, 4.69) is 20.3 Å². The number of amides is 2. The van der Waals surface area contributed by atoms with Crippen LogP contribution in [0.1, 0.15) is 65.5 Å². The quantitative estimate of drug-likeness (QED) is 0.0548. The second-order valence-electron chi connectivity index (χ2n) is 16.1. The van der Waals surface area contributed by atoms with Gasteiger partial charge in [-0.1, -0.05) is 75.4 Å². The normalized spacial score (nSPS) is 12.0. The molecule has 6 aromatic rings. The summed E-state index contributed by atoms with van der Waals surface area (Å²) in [7, 11) is -0.725. The molecule has 1 aromatic heterocycles. The summed E-state index contributed by atoms with van der Waals surface area (Å²) >= 11 is 0. The number of sulfonamides is 1. The summed E-state index contributed by atoms with van der Waals surface area (Å²) in [4.78, 5) is 42.5. The Morgan fingerprint density at radius 2 is 1.44 bits per heavy atom. The van der Waals surface area contributed by atoms with Crippen LogP contribution < -0.4 is 35.3 Å². The van der Waals surface area contributed by atoms with Crippen LogP contribution in [0.4, 0.5) is 21.9 Å². The number of carbonyl (C=O) groups excluding carboxylic acids is 2. The Balaban J connectivity index is 1.13. The number of rotatable bonds is 17. The van der Waals surface area contributed by atoms with Gasteiger partial charge in [0, 0.05) is 41.6 Å². The summed E-state index contributed by atoms with van der Waals surface area (Å²) < 4.78 is 44.5. The van der Waals surface area contributed by atoms with E-state index in [1.165, 1.54) is 14.2 Å². The number of nitrogens with one attached hydrogen (secondary N) is 3. The lowest BCUT2D eigenvalue weighted by atomic mass is 9.86. The van der Waals surface area contributed by atoms with Gasteiger partial charge in [-0.2, -0.15) is 0 Å². The Labute approximate surface area is 366 Å². The van der Waals surface area contributed by atoms with Crippen molar-refractivity contribution in [1.82, 2.24) is 4.98 Å². The Hall–Kier alpha value is -6.97. The van der Waals surface area contributed by atoms with Crippen LogP contribution in [0.25, 0.3) is 10.8 Å². The molecule has 0 radical (unpaired) electrons. The maximum Gasteiger partial charge on any atom is 0.323 e. The number of hydrogen-bond donors (Lipinski definition) is 5. The van der Waals surface area contributed by atoms with Gasteiger partial charge >= 0.3 is 12.0 Å². The molecule has 1 heterocycles. The average Bonchev–Trinajstić information content (AvgIpc) is 3.23. The SMILES string of the molecule is COc1cc(Cc2cc(Oc3ccc(NC(=O)Nc4cc(C(C)(C)C)cc(NS(C)(=O)=O)c4OC)c4ccccc34)ccn2)ccc1C(=O)CCc1ccc(C[C@H](N)C(=O)O)cc1. The molecule has 2 amide bonds. The van der Waals surface area contributed by atoms with Crippen molar-refractivity contribution in [2.45, 2.75) is 57.9 Å². The number of methoxy groups -OCH3 is 2. The van der Waals surface area contributed by atoms with Crippen molar-refractivity contribution in [3.8, 4) is 23.0 Å². The van der Waals surface area contributed by atoms with Crippen LogP contribution in [-0.2, 0) is 39.5 Å². The van der Waals surface area contributed by atoms with E-state index in [1.54, 1.807) is 42.6 Å². The standard InChI is InChI=1S/C48H51N5O9S/c1-48(2,3)32-26-40(45(61-5)41(27-32)53-63(6,58)59)52-47(57)51-39-18-20-43(36-10-8-7-9-35(36)39)62-34-21-22-50-33(28-34)23-31-15-17-37(44(25-31)60-4)42(54)19-16-29-11-13-30(14-12-29)24-38(49)46(55)56/h7-15,17-18,20-22,25-28,38,53H,16,19,23-24,49H2,1-6H3,(H,55,56)(H2,51,52,57)/t38-/m0/s1. The Morgan fingerprint density at radius 3 is 2.11 bits per heavy atom. The number of benzene rings is 5. The lowest BCUT2D eigenvalue weighted by Crippen LogP contribution is -2.32. The van der Waals surface area contributed by atoms with Gasteiger partial charge in [0.2, 0.25) is 10.0 Å². The maximum absolute atomic E-state index is 13.5. The highest BCUT2D eigenvalue weighted by Crippen LogP contribution is 2.40. The van der Waals surface area contributed by atoms with Crippen molar-refractivity contribution in [2.24, 2.45) is 5.73 Å². The van der Waals surface area contributed by atoms with Crippen LogP contribution in [0.3, 0.4) is 0 Å². The smallest absolute Gasteiger partial charge is 0.323 e. The van der Waals surface area contributed by atoms with E-state index in [0.29, 0.717) is 46.7 Å². The van der Waals surface area contributed by atoms with Crippen molar-refractivity contribution < 1.29 is 42.1 Å². The molecule has 0 aliphatic carbocycles. The highest BCUT2D eigenvalue weighted by molar-refractivity contribution is 7.92. The van der Waals surface area contributed by atoms with Gasteiger partial charge in [0.05, 0.1) is 43.1 Å². The van der Waals surface area contributed by atoms with E-state index < -0.39 is 28.1 Å². The number of aliphatic carboxylic acids is 1. The number of nitrogens with two attached hydrogens (primary N) is 1. The van der Waals surface area contributed by atoms with E-state index in [9.17, 15) is 22.8 Å². The zero-order valence-electron chi connectivity index (χ0n) is 35.9. The Morgan fingerprint density at radius 1 is 0.778 bits per heavy atom. The van der Waals surface area contributed by atoms with E-state index >= 15 is 0 Å². The van der Waals surface area contributed by atoms with E-state index in [-0.39, 0.29) is 41.2 Å². The lowest BCUT2D eigenvalue weighted by Gasteiger charge is -2.24. The zero-order valence-corrected chi connectivity index (χ0v) is 36.8. The minimum absolute atomic E-state index is 0.0674. The molecule has 6 N–H and O–H groups in total. The molecule has 5 aromatic carbocycles. The molecule has 0 saturated heterocycles. The van der Waals surface area contributed by atoms with Gasteiger partial charge in [0.15, 0.2) is 11.5 Å². The molecule has 15 heteroatoms. The molecular formula is C48H51N5O9S. The molecule has 0 saturated carbocycles. The van der Waals surface area contributed by atoms with Crippen LogP contribution in [-0.4, -0.2) is 62.8 Å². The number of pyridine rings is 1. The van der Waals surface area contributed by atoms with Crippen LogP contribution in [0.5, 0.6) is 23.0 Å². The number of aryl methyl sites for hydroxylation is 1. The maximum atomic E-state index is 13.5. The minimum Gasteiger partial charge on any atom is -0.496 e. The fourth-order valence-electron chi connectivity index (χ4n) is 7.00. The molecule has 1 atom stereocenters. The third-order valence-electron chi connectivity index (χ3n) is 10.2. The number of hydrogen-bond acceptors (Lipinski definition) is 10. The van der Waals surface area contributed by atoms with Crippen LogP contribution >= 0.6 is 0 Å². The number of carboxylic acids is 1. The number of nitrogens with zero attached hydrogens (tertiary/aromatic N) is 1. The molecule has 63 heavy (non-hydrogen) atoms. The summed E-state index contributed by atoms with van der Waals surface area (Å²) in [6.07, 6.45) is 4.14. The monoisotopic (exact) mass is 873 g/mol. The number of fused-ring (bicyclic) bond motifs is 1. The number of ketones is 1. The van der Waals surface area contributed by atoms with Gasteiger partial charge in [-0.3, -0.25) is 19.3 Å². The van der Waals surface area contributed by atoms with Crippen molar-refractivity contribution in [1.29, 1.82) is 0 Å². The van der Waals surface area contributed by atoms with E-state index in [0.717, 1.165) is 39.6 Å². The molecule has 0 unspecified atom stereocenters. The van der Waals surface area contributed by atoms with Crippen molar-refractivity contribution >= 4 is 55.6 Å². The van der Waals surface area contributed by atoms with Crippen LogP contribution in [0.2, 0.25) is 0 Å². The van der Waals surface area contributed by atoms with Gasteiger partial charge in [-0.15, -0.1) is 0 Å². The van der Waals surface area contributed by atoms with E-state index in [4.69, 9.17) is 25.1 Å². The van der Waals surface area contributed by atoms with Crippen molar-refractivity contribution in [3.63, 3.8) is 0 Å². The highest BCUT2D eigenvalue weighted by Gasteiger charge is 2.23. The van der Waals surface area contributed by atoms with Gasteiger partial charge < -0.3 is 35.7 Å². The third kappa shape index (κ3) is 11.9. The summed E-state index contributed by atoms with van der Waals surface area (Å²) in [5.41, 5.74) is 10.9. The van der Waals surface area contributed by atoms with Crippen molar-refractivity contribution in [3.05, 3.63) is 143 Å². The Bertz CT molecular complexity index is 2770. The largest absolute Gasteiger partial charge is 0.496 e. The molecule has 0 aliphatic heterocycles. The number of carboxylic acid groups (broad SMARTS) is 1. The molecular weight excluding hydrogens is 823 g/mol. The predicted molar refractivity (Wildman–Crippen MR) is 245 cm³/mol. The van der Waals surface area contributed by atoms with Gasteiger partial charge in [0.1, 0.15) is 23.3 Å². The number of aromatic nitrogens is 1. The first kappa shape index (κ1) is 45.6. The Kier molecular flexibility index (Phi) is 14.0. The van der Waals surface area contributed by atoms with Gasteiger partial charge in [-0.05, 0) is 83.0 Å². The number of anilines is 3. The summed E-state index contributed by atoms with van der Waals surface area (Å²) in [6.45, 7) is 5.93. The van der Waals surface area contributed by atoms with Gasteiger partial charge in [0.25, 0.3) is 0 Å². The zero-order chi connectivity index (χ0) is 45.5. The number of ether oxygens (including phenoxy) is 3. The van der Waals surface area contributed by atoms with Crippen molar-refractivity contribution in [2.75, 3.05) is 35.8 Å². The first-order chi connectivity index (χ1) is 29.9. The second kappa shape index (κ2) is 19.4. The first-order valence-electron chi connectivity index (χ1n) is 20.1. The fraction of sp³-hybridized carbons (Fsp3) is 0.250. The molecule has 0 fully saturated rings. The average molecular weight is 874 g/mol. The first-order valence-corrected chi connectivity index (χ1v) is 22.0. The lowest BCUT2D eigenvalue weighted by molar-refractivity contribution is -0.138. The topological polar surface area (TPSA) is 208 Å². The molecule has 0 aliphatic rings. The minimum atomic E-state index is -3.65. The fourth-order valence-corrected chi connectivity index (χ4v) is 7.55. The summed E-state index contributed by atoms with van der Waals surface area (Å²) in [5, 5.41) is 16.3. The summed E-state index contributed by atoms with van der Waals surface area (Å²) in [5.74, 6) is 0.598. The van der Waals surface area contributed by atoms with Crippen LogP contribution in [0.15, 0.2) is 109 Å².